The molecule has 11 heteroatoms. The average Bonchev–Trinajstić information content (AvgIpc) is 3.52. The van der Waals surface area contributed by atoms with Gasteiger partial charge in [0.2, 0.25) is 10.0 Å². The molecule has 0 spiro atoms. The number of halogens is 2. The van der Waals surface area contributed by atoms with Gasteiger partial charge in [-0.25, -0.2) is 23.2 Å². The SMILES string of the molecule is Cc1ccc(-c2cc(-c3nn(-c4nc(C(=O)O)cs4)c(C4CC4)c3Cc3ccc([SH+](N)=O)c(F)c3)ccc2F)cc1. The molecule has 3 aromatic carbocycles. The van der Waals surface area contributed by atoms with E-state index in [4.69, 9.17) is 10.2 Å². The van der Waals surface area contributed by atoms with Gasteiger partial charge in [0.1, 0.15) is 5.82 Å². The maximum absolute atomic E-state index is 15.1. The van der Waals surface area contributed by atoms with Gasteiger partial charge >= 0.3 is 5.97 Å². The molecule has 2 heterocycles. The summed E-state index contributed by atoms with van der Waals surface area (Å²) < 4.78 is 43.2. The molecule has 1 fully saturated rings. The zero-order valence-electron chi connectivity index (χ0n) is 21.8. The standard InChI is InChI=1S/C30H24F2N4O3S2/c1-16-2-5-18(6-3-16)21-14-20(9-10-23(21)31)27-22(12-17-4-11-26(41(33)39)24(32)13-17)28(19-7-8-19)36(35-27)30-34-25(15-40-30)29(37)38/h2-6,9-11,13-15,19H,7-8,12H2,1H3,(H2,33,39)(H,37,38)/p+1. The summed E-state index contributed by atoms with van der Waals surface area (Å²) >= 11 is 1.17. The summed E-state index contributed by atoms with van der Waals surface area (Å²) in [5.41, 5.74) is 5.64. The third-order valence-corrected chi connectivity index (χ3v) is 8.77. The van der Waals surface area contributed by atoms with Crippen LogP contribution in [0, 0.1) is 18.6 Å². The van der Waals surface area contributed by atoms with Gasteiger partial charge in [0.25, 0.3) is 0 Å². The lowest BCUT2D eigenvalue weighted by Gasteiger charge is -2.10. The number of aromatic carboxylic acids is 1. The van der Waals surface area contributed by atoms with Crippen LogP contribution in [0.2, 0.25) is 0 Å². The summed E-state index contributed by atoms with van der Waals surface area (Å²) in [7, 11) is -2.33. The predicted octanol–water partition coefficient (Wildman–Crippen LogP) is 6.34. The fraction of sp³-hybridized carbons (Fsp3) is 0.167. The molecule has 0 aliphatic heterocycles. The molecule has 0 radical (unpaired) electrons. The van der Waals surface area contributed by atoms with E-state index in [9.17, 15) is 18.5 Å². The van der Waals surface area contributed by atoms with Gasteiger partial charge < -0.3 is 5.11 Å². The Balaban J connectivity index is 1.54. The fourth-order valence-electron chi connectivity index (χ4n) is 4.92. The smallest absolute Gasteiger partial charge is 0.355 e. The number of hydrogen-bond donors (Lipinski definition) is 2. The lowest BCUT2D eigenvalue weighted by Crippen LogP contribution is -2.06. The van der Waals surface area contributed by atoms with E-state index in [2.05, 4.69) is 4.98 Å². The van der Waals surface area contributed by atoms with E-state index in [1.807, 2.05) is 31.2 Å². The second-order valence-corrected chi connectivity index (χ2v) is 12.0. The molecule has 0 saturated heterocycles. The number of rotatable bonds is 8. The van der Waals surface area contributed by atoms with Gasteiger partial charge in [-0.1, -0.05) is 40.1 Å². The first-order valence-electron chi connectivity index (χ1n) is 12.9. The Morgan fingerprint density at radius 3 is 2.44 bits per heavy atom. The van der Waals surface area contributed by atoms with Crippen molar-refractivity contribution < 1.29 is 22.9 Å². The molecule has 0 amide bonds. The van der Waals surface area contributed by atoms with Crippen LogP contribution in [-0.4, -0.2) is 25.8 Å². The van der Waals surface area contributed by atoms with Crippen LogP contribution in [0.3, 0.4) is 0 Å². The van der Waals surface area contributed by atoms with E-state index in [-0.39, 0.29) is 28.7 Å². The molecular formula is C30H25F2N4O3S2+. The number of aromatic nitrogens is 3. The third kappa shape index (κ3) is 5.35. The van der Waals surface area contributed by atoms with Crippen molar-refractivity contribution in [2.24, 2.45) is 5.14 Å². The minimum Gasteiger partial charge on any atom is -0.476 e. The highest BCUT2D eigenvalue weighted by molar-refractivity contribution is 7.82. The van der Waals surface area contributed by atoms with Gasteiger partial charge in [-0.2, -0.15) is 5.10 Å². The lowest BCUT2D eigenvalue weighted by molar-refractivity contribution is 0.0691. The number of carboxylic acids is 1. The summed E-state index contributed by atoms with van der Waals surface area (Å²) in [5, 5.41) is 21.7. The van der Waals surface area contributed by atoms with Gasteiger partial charge in [0, 0.05) is 34.4 Å². The molecule has 1 atom stereocenters. The molecule has 5 aromatic rings. The largest absolute Gasteiger partial charge is 0.476 e. The van der Waals surface area contributed by atoms with Crippen LogP contribution in [0.5, 0.6) is 0 Å². The molecule has 1 aliphatic carbocycles. The maximum Gasteiger partial charge on any atom is 0.355 e. The van der Waals surface area contributed by atoms with Crippen molar-refractivity contribution in [1.29, 1.82) is 0 Å². The number of carboxylic acid groups (broad SMARTS) is 1. The Morgan fingerprint density at radius 1 is 1.07 bits per heavy atom. The number of thiazole rings is 1. The van der Waals surface area contributed by atoms with Crippen molar-refractivity contribution in [1.82, 2.24) is 14.8 Å². The van der Waals surface area contributed by atoms with Crippen LogP contribution in [-0.2, 0) is 21.6 Å². The highest BCUT2D eigenvalue weighted by atomic mass is 32.2. The van der Waals surface area contributed by atoms with Gasteiger partial charge in [0.15, 0.2) is 22.5 Å². The van der Waals surface area contributed by atoms with Crippen LogP contribution < -0.4 is 5.14 Å². The van der Waals surface area contributed by atoms with Gasteiger partial charge in [-0.3, -0.25) is 0 Å². The number of aryl methyl sites for hydroxylation is 1. The second-order valence-electron chi connectivity index (χ2n) is 10.1. The Morgan fingerprint density at radius 2 is 1.80 bits per heavy atom. The Bertz CT molecular complexity index is 1830. The zero-order chi connectivity index (χ0) is 28.8. The normalized spacial score (nSPS) is 13.9. The van der Waals surface area contributed by atoms with Crippen molar-refractivity contribution in [3.05, 3.63) is 106 Å². The summed E-state index contributed by atoms with van der Waals surface area (Å²) in [5.74, 6) is -2.01. The molecule has 2 aromatic heterocycles. The monoisotopic (exact) mass is 591 g/mol. The first-order chi connectivity index (χ1) is 19.7. The highest BCUT2D eigenvalue weighted by Gasteiger charge is 2.34. The minimum atomic E-state index is -2.33. The topological polar surface area (TPSA) is 111 Å². The lowest BCUT2D eigenvalue weighted by atomic mass is 9.95. The van der Waals surface area contributed by atoms with Crippen molar-refractivity contribution in [3.63, 3.8) is 0 Å². The third-order valence-electron chi connectivity index (χ3n) is 7.11. The number of benzene rings is 3. The Labute approximate surface area is 240 Å². The first-order valence-corrected chi connectivity index (χ1v) is 15.1. The number of hydrogen-bond acceptors (Lipinski definition) is 5. The van der Waals surface area contributed by atoms with E-state index in [0.717, 1.165) is 35.2 Å². The second kappa shape index (κ2) is 10.7. The first kappa shape index (κ1) is 27.1. The molecular weight excluding hydrogens is 566 g/mol. The van der Waals surface area contributed by atoms with E-state index in [0.29, 0.717) is 27.5 Å². The van der Waals surface area contributed by atoms with Crippen LogP contribution in [0.25, 0.3) is 27.5 Å². The quantitative estimate of drug-likeness (QED) is 0.162. The predicted molar refractivity (Wildman–Crippen MR) is 155 cm³/mol. The molecule has 41 heavy (non-hydrogen) atoms. The molecule has 7 nitrogen and oxygen atoms in total. The van der Waals surface area contributed by atoms with Crippen molar-refractivity contribution >= 4 is 28.3 Å². The van der Waals surface area contributed by atoms with Gasteiger partial charge in [-0.15, -0.1) is 16.5 Å². The number of thiol groups is 1. The molecule has 3 N–H and O–H groups in total. The molecule has 1 unspecified atom stereocenters. The van der Waals surface area contributed by atoms with Crippen molar-refractivity contribution in [3.8, 4) is 27.5 Å². The number of carbonyl (C=O) groups is 1. The number of nitrogens with zero attached hydrogens (tertiary/aromatic N) is 3. The Kier molecular flexibility index (Phi) is 7.10. The van der Waals surface area contributed by atoms with Crippen molar-refractivity contribution in [2.45, 2.75) is 37.0 Å². The van der Waals surface area contributed by atoms with Crippen LogP contribution in [0.4, 0.5) is 8.78 Å². The van der Waals surface area contributed by atoms with E-state index in [1.54, 1.807) is 22.9 Å². The van der Waals surface area contributed by atoms with Gasteiger partial charge in [-0.05, 0) is 61.2 Å². The fourth-order valence-corrected chi connectivity index (χ4v) is 6.18. The van der Waals surface area contributed by atoms with Gasteiger partial charge in [0.05, 0.1) is 11.4 Å². The van der Waals surface area contributed by atoms with Crippen LogP contribution >= 0.6 is 11.3 Å². The summed E-state index contributed by atoms with van der Waals surface area (Å²) in [6, 6.07) is 16.8. The average molecular weight is 592 g/mol. The maximum atomic E-state index is 15.1. The Hall–Kier alpha value is -4.06. The molecule has 208 valence electrons. The van der Waals surface area contributed by atoms with E-state index < -0.39 is 22.8 Å². The van der Waals surface area contributed by atoms with Crippen LogP contribution in [0.15, 0.2) is 70.9 Å². The molecule has 1 aliphatic rings. The number of nitrogens with two attached hydrogens (primary N) is 1. The molecule has 1 saturated carbocycles. The molecule has 0 bridgehead atoms. The molecule has 6 rings (SSSR count). The van der Waals surface area contributed by atoms with Crippen molar-refractivity contribution in [2.75, 3.05) is 0 Å². The zero-order valence-corrected chi connectivity index (χ0v) is 23.6. The van der Waals surface area contributed by atoms with E-state index in [1.165, 1.54) is 34.9 Å². The summed E-state index contributed by atoms with van der Waals surface area (Å²) in [6.07, 6.45) is 2.11. The van der Waals surface area contributed by atoms with E-state index >= 15 is 4.39 Å². The van der Waals surface area contributed by atoms with Crippen LogP contribution in [0.1, 0.15) is 51.6 Å². The summed E-state index contributed by atoms with van der Waals surface area (Å²) in [6.45, 7) is 1.96. The summed E-state index contributed by atoms with van der Waals surface area (Å²) in [4.78, 5) is 15.8. The highest BCUT2D eigenvalue weighted by Crippen LogP contribution is 2.46. The minimum absolute atomic E-state index is 0.0488.